The molecule has 0 aromatic heterocycles. The van der Waals surface area contributed by atoms with Crippen molar-refractivity contribution in [2.24, 2.45) is 0 Å². The predicted octanol–water partition coefficient (Wildman–Crippen LogP) is 1.80. The molecule has 0 radical (unpaired) electrons. The lowest BCUT2D eigenvalue weighted by molar-refractivity contribution is -0.124. The largest absolute Gasteiger partial charge is 0.357 e. The van der Waals surface area contributed by atoms with Crippen molar-refractivity contribution in [1.29, 1.82) is 0 Å². The molecule has 18 heavy (non-hydrogen) atoms. The number of carbonyl (C=O) groups is 2. The Hall–Kier alpha value is -1.36. The molecule has 1 saturated heterocycles. The van der Waals surface area contributed by atoms with Gasteiger partial charge < -0.3 is 10.2 Å². The lowest BCUT2D eigenvalue weighted by Crippen LogP contribution is -2.44. The molecule has 2 amide bonds. The molecule has 1 aliphatic rings. The van der Waals surface area contributed by atoms with E-state index in [1.54, 1.807) is 24.1 Å². The van der Waals surface area contributed by atoms with E-state index in [2.05, 4.69) is 21.2 Å². The number of likely N-dealkylation sites (tertiary alicyclic amines) is 1. The van der Waals surface area contributed by atoms with E-state index in [0.717, 1.165) is 17.3 Å². The van der Waals surface area contributed by atoms with Crippen LogP contribution in [0.2, 0.25) is 0 Å². The topological polar surface area (TPSA) is 49.4 Å². The van der Waals surface area contributed by atoms with Crippen molar-refractivity contribution < 1.29 is 9.59 Å². The Morgan fingerprint density at radius 3 is 2.89 bits per heavy atom. The highest BCUT2D eigenvalue weighted by Gasteiger charge is 2.33. The molecule has 1 aromatic carbocycles. The Bertz CT molecular complexity index is 476. The SMILES string of the molecule is CNC(=O)C1CCCN1C(=O)c1cccc(Br)c1. The van der Waals surface area contributed by atoms with E-state index in [9.17, 15) is 9.59 Å². The molecule has 5 heteroatoms. The van der Waals surface area contributed by atoms with Gasteiger partial charge in [0.15, 0.2) is 0 Å². The number of amides is 2. The number of carbonyl (C=O) groups excluding carboxylic acids is 2. The van der Waals surface area contributed by atoms with Gasteiger partial charge in [-0.15, -0.1) is 0 Å². The quantitative estimate of drug-likeness (QED) is 0.905. The van der Waals surface area contributed by atoms with E-state index in [1.807, 2.05) is 12.1 Å². The normalized spacial score (nSPS) is 18.8. The molecule has 1 N–H and O–H groups in total. The van der Waals surface area contributed by atoms with Gasteiger partial charge in [0.1, 0.15) is 6.04 Å². The monoisotopic (exact) mass is 310 g/mol. The number of benzene rings is 1. The maximum Gasteiger partial charge on any atom is 0.254 e. The lowest BCUT2D eigenvalue weighted by Gasteiger charge is -2.23. The zero-order valence-electron chi connectivity index (χ0n) is 10.1. The molecule has 1 unspecified atom stereocenters. The van der Waals surface area contributed by atoms with Gasteiger partial charge in [-0.3, -0.25) is 9.59 Å². The molecule has 96 valence electrons. The molecule has 0 spiro atoms. The molecule has 1 aliphatic heterocycles. The smallest absolute Gasteiger partial charge is 0.254 e. The first-order chi connectivity index (χ1) is 8.63. The second-order valence-corrected chi connectivity index (χ2v) is 5.20. The van der Waals surface area contributed by atoms with Crippen molar-refractivity contribution in [2.45, 2.75) is 18.9 Å². The van der Waals surface area contributed by atoms with Gasteiger partial charge in [0.05, 0.1) is 0 Å². The van der Waals surface area contributed by atoms with Gasteiger partial charge in [-0.05, 0) is 31.0 Å². The van der Waals surface area contributed by atoms with E-state index in [1.165, 1.54) is 0 Å². The summed E-state index contributed by atoms with van der Waals surface area (Å²) in [5.41, 5.74) is 0.611. The van der Waals surface area contributed by atoms with Crippen molar-refractivity contribution in [2.75, 3.05) is 13.6 Å². The minimum absolute atomic E-state index is 0.0811. The molecular weight excluding hydrogens is 296 g/mol. The van der Waals surface area contributed by atoms with Gasteiger partial charge in [0.2, 0.25) is 5.91 Å². The van der Waals surface area contributed by atoms with E-state index in [0.29, 0.717) is 12.1 Å². The Morgan fingerprint density at radius 2 is 2.22 bits per heavy atom. The summed E-state index contributed by atoms with van der Waals surface area (Å²) in [6, 6.07) is 6.91. The summed E-state index contributed by atoms with van der Waals surface area (Å²) < 4.78 is 0.865. The second-order valence-electron chi connectivity index (χ2n) is 4.28. The van der Waals surface area contributed by atoms with Crippen LogP contribution in [0.15, 0.2) is 28.7 Å². The number of hydrogen-bond donors (Lipinski definition) is 1. The van der Waals surface area contributed by atoms with Crippen LogP contribution in [0.5, 0.6) is 0 Å². The Labute approximate surface area is 114 Å². The molecule has 0 aliphatic carbocycles. The molecule has 0 bridgehead atoms. The van der Waals surface area contributed by atoms with Crippen LogP contribution < -0.4 is 5.32 Å². The van der Waals surface area contributed by atoms with Crippen molar-refractivity contribution in [1.82, 2.24) is 10.2 Å². The third-order valence-electron chi connectivity index (χ3n) is 3.13. The Balaban J connectivity index is 2.20. The van der Waals surface area contributed by atoms with Crippen LogP contribution in [0.3, 0.4) is 0 Å². The molecule has 1 aromatic rings. The fourth-order valence-electron chi connectivity index (χ4n) is 2.24. The Kier molecular flexibility index (Phi) is 4.01. The minimum atomic E-state index is -0.332. The van der Waals surface area contributed by atoms with Crippen LogP contribution in [0.1, 0.15) is 23.2 Å². The highest BCUT2D eigenvalue weighted by Crippen LogP contribution is 2.21. The number of nitrogens with zero attached hydrogens (tertiary/aromatic N) is 1. The van der Waals surface area contributed by atoms with Gasteiger partial charge in [0.25, 0.3) is 5.91 Å². The maximum absolute atomic E-state index is 12.4. The Morgan fingerprint density at radius 1 is 1.44 bits per heavy atom. The first kappa shape index (κ1) is 13.1. The summed E-state index contributed by atoms with van der Waals surface area (Å²) in [5, 5.41) is 2.61. The van der Waals surface area contributed by atoms with Crippen LogP contribution in [-0.4, -0.2) is 36.3 Å². The number of rotatable bonds is 2. The molecule has 2 rings (SSSR count). The zero-order chi connectivity index (χ0) is 13.1. The van der Waals surface area contributed by atoms with Gasteiger partial charge >= 0.3 is 0 Å². The minimum Gasteiger partial charge on any atom is -0.357 e. The molecule has 0 saturated carbocycles. The second kappa shape index (κ2) is 5.52. The maximum atomic E-state index is 12.4. The van der Waals surface area contributed by atoms with Crippen LogP contribution in [0, 0.1) is 0 Å². The van der Waals surface area contributed by atoms with E-state index < -0.39 is 0 Å². The number of likely N-dealkylation sites (N-methyl/N-ethyl adjacent to an activating group) is 1. The molecule has 1 atom stereocenters. The lowest BCUT2D eigenvalue weighted by atomic mass is 10.1. The summed E-state index contributed by atoms with van der Waals surface area (Å²) in [5.74, 6) is -0.168. The highest BCUT2D eigenvalue weighted by molar-refractivity contribution is 9.10. The van der Waals surface area contributed by atoms with Crippen molar-refractivity contribution in [3.05, 3.63) is 34.3 Å². The van der Waals surface area contributed by atoms with Crippen LogP contribution in [0.25, 0.3) is 0 Å². The number of halogens is 1. The van der Waals surface area contributed by atoms with Gasteiger partial charge in [-0.2, -0.15) is 0 Å². The van der Waals surface area contributed by atoms with E-state index in [4.69, 9.17) is 0 Å². The molecule has 1 heterocycles. The third-order valence-corrected chi connectivity index (χ3v) is 3.63. The van der Waals surface area contributed by atoms with E-state index >= 15 is 0 Å². The van der Waals surface area contributed by atoms with Crippen LogP contribution in [-0.2, 0) is 4.79 Å². The average Bonchev–Trinajstić information content (AvgIpc) is 2.86. The summed E-state index contributed by atoms with van der Waals surface area (Å²) >= 11 is 3.35. The predicted molar refractivity (Wildman–Crippen MR) is 72.3 cm³/mol. The van der Waals surface area contributed by atoms with Gasteiger partial charge in [0, 0.05) is 23.6 Å². The number of nitrogens with one attached hydrogen (secondary N) is 1. The van der Waals surface area contributed by atoms with Crippen molar-refractivity contribution in [3.63, 3.8) is 0 Å². The summed E-state index contributed by atoms with van der Waals surface area (Å²) in [6.45, 7) is 0.642. The molecule has 4 nitrogen and oxygen atoms in total. The average molecular weight is 311 g/mol. The summed E-state index contributed by atoms with van der Waals surface area (Å²) in [6.07, 6.45) is 1.61. The van der Waals surface area contributed by atoms with Crippen LogP contribution >= 0.6 is 15.9 Å². The van der Waals surface area contributed by atoms with Gasteiger partial charge in [-0.25, -0.2) is 0 Å². The fourth-order valence-corrected chi connectivity index (χ4v) is 2.64. The first-order valence-corrected chi connectivity index (χ1v) is 6.71. The highest BCUT2D eigenvalue weighted by atomic mass is 79.9. The van der Waals surface area contributed by atoms with Gasteiger partial charge in [-0.1, -0.05) is 22.0 Å². The molecule has 1 fully saturated rings. The number of hydrogen-bond acceptors (Lipinski definition) is 2. The standard InChI is InChI=1S/C13H15BrN2O2/c1-15-12(17)11-6-3-7-16(11)13(18)9-4-2-5-10(14)8-9/h2,4-5,8,11H,3,6-7H2,1H3,(H,15,17). The van der Waals surface area contributed by atoms with Crippen molar-refractivity contribution >= 4 is 27.7 Å². The first-order valence-electron chi connectivity index (χ1n) is 5.91. The molecular formula is C13H15BrN2O2. The third kappa shape index (κ3) is 2.56. The van der Waals surface area contributed by atoms with E-state index in [-0.39, 0.29) is 17.9 Å². The summed E-state index contributed by atoms with van der Waals surface area (Å²) in [4.78, 5) is 25.7. The zero-order valence-corrected chi connectivity index (χ0v) is 11.7. The fraction of sp³-hybridized carbons (Fsp3) is 0.385. The van der Waals surface area contributed by atoms with Crippen LogP contribution in [0.4, 0.5) is 0 Å². The summed E-state index contributed by atoms with van der Waals surface area (Å²) in [7, 11) is 1.60. The van der Waals surface area contributed by atoms with Crippen molar-refractivity contribution in [3.8, 4) is 0 Å².